The SMILES string of the molecule is CS(=O)(=O)c1ccc(-c2ccc(NS(=O)(=O)c3ccc(F)cc3)cc2)nn1. The van der Waals surface area contributed by atoms with Crippen LogP contribution in [0.15, 0.2) is 70.6 Å². The van der Waals surface area contributed by atoms with Gasteiger partial charge in [-0.1, -0.05) is 12.1 Å². The first-order chi connectivity index (χ1) is 12.6. The van der Waals surface area contributed by atoms with Crippen LogP contribution in [0.3, 0.4) is 0 Å². The van der Waals surface area contributed by atoms with Crippen LogP contribution in [0.1, 0.15) is 0 Å². The molecule has 0 spiro atoms. The average molecular weight is 407 g/mol. The van der Waals surface area contributed by atoms with Crippen molar-refractivity contribution in [1.82, 2.24) is 10.2 Å². The zero-order chi connectivity index (χ0) is 19.7. The third kappa shape index (κ3) is 4.47. The highest BCUT2D eigenvalue weighted by Crippen LogP contribution is 2.22. The molecule has 7 nitrogen and oxygen atoms in total. The van der Waals surface area contributed by atoms with Crippen molar-refractivity contribution >= 4 is 25.5 Å². The summed E-state index contributed by atoms with van der Waals surface area (Å²) in [6.07, 6.45) is 1.04. The number of sulfone groups is 1. The van der Waals surface area contributed by atoms with E-state index in [9.17, 15) is 21.2 Å². The van der Waals surface area contributed by atoms with Crippen LogP contribution in [0.25, 0.3) is 11.3 Å². The summed E-state index contributed by atoms with van der Waals surface area (Å²) in [5, 5.41) is 7.42. The molecule has 1 heterocycles. The number of benzene rings is 2. The summed E-state index contributed by atoms with van der Waals surface area (Å²) >= 11 is 0. The number of nitrogens with one attached hydrogen (secondary N) is 1. The monoisotopic (exact) mass is 407 g/mol. The number of nitrogens with zero attached hydrogens (tertiary/aromatic N) is 2. The second-order valence-electron chi connectivity index (χ2n) is 5.67. The number of anilines is 1. The van der Waals surface area contributed by atoms with Crippen molar-refractivity contribution < 1.29 is 21.2 Å². The van der Waals surface area contributed by atoms with Crippen LogP contribution >= 0.6 is 0 Å². The predicted octanol–water partition coefficient (Wildman–Crippen LogP) is 2.49. The summed E-state index contributed by atoms with van der Waals surface area (Å²) in [7, 11) is -7.27. The molecule has 140 valence electrons. The molecule has 0 bridgehead atoms. The van der Waals surface area contributed by atoms with E-state index < -0.39 is 25.7 Å². The summed E-state index contributed by atoms with van der Waals surface area (Å²) in [4.78, 5) is -0.0600. The molecule has 10 heteroatoms. The van der Waals surface area contributed by atoms with Gasteiger partial charge in [0.2, 0.25) is 0 Å². The fraction of sp³-hybridized carbons (Fsp3) is 0.0588. The Morgan fingerprint density at radius 2 is 1.44 bits per heavy atom. The lowest BCUT2D eigenvalue weighted by Crippen LogP contribution is -2.12. The van der Waals surface area contributed by atoms with Gasteiger partial charge in [0.05, 0.1) is 10.6 Å². The number of hydrogen-bond acceptors (Lipinski definition) is 6. The third-order valence-corrected chi connectivity index (χ3v) is 5.95. The van der Waals surface area contributed by atoms with Crippen LogP contribution in [-0.2, 0) is 19.9 Å². The van der Waals surface area contributed by atoms with Gasteiger partial charge in [0, 0.05) is 17.5 Å². The first kappa shape index (κ1) is 18.9. The summed E-state index contributed by atoms with van der Waals surface area (Å²) in [6.45, 7) is 0. The largest absolute Gasteiger partial charge is 0.280 e. The predicted molar refractivity (Wildman–Crippen MR) is 97.8 cm³/mol. The van der Waals surface area contributed by atoms with Crippen molar-refractivity contribution in [3.05, 3.63) is 66.5 Å². The van der Waals surface area contributed by atoms with E-state index in [0.717, 1.165) is 18.4 Å². The molecule has 0 radical (unpaired) electrons. The lowest BCUT2D eigenvalue weighted by molar-refractivity contribution is 0.595. The van der Waals surface area contributed by atoms with Crippen LogP contribution in [0.4, 0.5) is 10.1 Å². The number of rotatable bonds is 5. The summed E-state index contributed by atoms with van der Waals surface area (Å²) < 4.78 is 62.7. The Morgan fingerprint density at radius 1 is 0.815 bits per heavy atom. The van der Waals surface area contributed by atoms with Crippen molar-refractivity contribution in [3.63, 3.8) is 0 Å². The van der Waals surface area contributed by atoms with Gasteiger partial charge in [0.15, 0.2) is 14.9 Å². The highest BCUT2D eigenvalue weighted by atomic mass is 32.2. The molecule has 3 rings (SSSR count). The number of aromatic nitrogens is 2. The Morgan fingerprint density at radius 3 is 1.96 bits per heavy atom. The minimum atomic E-state index is -3.84. The van der Waals surface area contributed by atoms with Crippen LogP contribution in [0.2, 0.25) is 0 Å². The molecule has 27 heavy (non-hydrogen) atoms. The Hall–Kier alpha value is -2.85. The van der Waals surface area contributed by atoms with Gasteiger partial charge < -0.3 is 0 Å². The Kier molecular flexibility index (Phi) is 4.94. The highest BCUT2D eigenvalue weighted by Gasteiger charge is 2.14. The summed E-state index contributed by atoms with van der Waals surface area (Å²) in [5.74, 6) is -0.527. The maximum atomic E-state index is 12.9. The standard InChI is InChI=1S/C17H14FN3O4S2/c1-26(22,23)17-11-10-16(19-20-17)12-2-6-14(7-3-12)21-27(24,25)15-8-4-13(18)5-9-15/h2-11,21H,1H3. The molecule has 0 amide bonds. The molecule has 0 atom stereocenters. The molecule has 0 aliphatic carbocycles. The van der Waals surface area contributed by atoms with Crippen LogP contribution in [0.5, 0.6) is 0 Å². The molecular formula is C17H14FN3O4S2. The zero-order valence-corrected chi connectivity index (χ0v) is 15.6. The lowest BCUT2D eigenvalue weighted by Gasteiger charge is -2.09. The van der Waals surface area contributed by atoms with E-state index in [1.165, 1.54) is 36.4 Å². The molecule has 3 aromatic rings. The lowest BCUT2D eigenvalue weighted by atomic mass is 10.1. The molecule has 1 N–H and O–H groups in total. The second kappa shape index (κ2) is 7.05. The van der Waals surface area contributed by atoms with Crippen molar-refractivity contribution in [1.29, 1.82) is 0 Å². The fourth-order valence-corrected chi connectivity index (χ4v) is 3.77. The quantitative estimate of drug-likeness (QED) is 0.696. The van der Waals surface area contributed by atoms with E-state index in [1.807, 2.05) is 0 Å². The summed E-state index contributed by atoms with van der Waals surface area (Å²) in [5.41, 5.74) is 1.38. The normalized spacial score (nSPS) is 11.9. The minimum Gasteiger partial charge on any atom is -0.280 e. The minimum absolute atomic E-state index is 0.0600. The van der Waals surface area contributed by atoms with Gasteiger partial charge >= 0.3 is 0 Å². The second-order valence-corrected chi connectivity index (χ2v) is 9.31. The molecule has 0 saturated heterocycles. The Balaban J connectivity index is 1.80. The van der Waals surface area contributed by atoms with Crippen molar-refractivity contribution in [3.8, 4) is 11.3 Å². The molecule has 0 aliphatic heterocycles. The summed E-state index contributed by atoms with van der Waals surface area (Å²) in [6, 6.07) is 13.6. The highest BCUT2D eigenvalue weighted by molar-refractivity contribution is 7.92. The molecule has 0 aliphatic rings. The van der Waals surface area contributed by atoms with E-state index in [4.69, 9.17) is 0 Å². The first-order valence-electron chi connectivity index (χ1n) is 7.58. The van der Waals surface area contributed by atoms with Gasteiger partial charge in [-0.05, 0) is 48.5 Å². The van der Waals surface area contributed by atoms with E-state index >= 15 is 0 Å². The number of sulfonamides is 1. The molecule has 1 aromatic heterocycles. The molecule has 0 saturated carbocycles. The van der Waals surface area contributed by atoms with Gasteiger partial charge in [-0.15, -0.1) is 10.2 Å². The van der Waals surface area contributed by atoms with Crippen LogP contribution < -0.4 is 4.72 Å². The molecule has 0 fully saturated rings. The van der Waals surface area contributed by atoms with Gasteiger partial charge in [0.1, 0.15) is 5.82 Å². The van der Waals surface area contributed by atoms with Crippen molar-refractivity contribution in [2.45, 2.75) is 9.92 Å². The Bertz CT molecular complexity index is 1160. The molecule has 0 unspecified atom stereocenters. The Labute approximate surface area is 155 Å². The maximum Gasteiger partial charge on any atom is 0.261 e. The van der Waals surface area contributed by atoms with Gasteiger partial charge in [-0.25, -0.2) is 21.2 Å². The van der Waals surface area contributed by atoms with E-state index in [-0.39, 0.29) is 9.92 Å². The fourth-order valence-electron chi connectivity index (χ4n) is 2.21. The number of halogens is 1. The van der Waals surface area contributed by atoms with Gasteiger partial charge in [-0.2, -0.15) is 0 Å². The average Bonchev–Trinajstić information content (AvgIpc) is 2.62. The van der Waals surface area contributed by atoms with Crippen molar-refractivity contribution in [2.75, 3.05) is 11.0 Å². The smallest absolute Gasteiger partial charge is 0.261 e. The van der Waals surface area contributed by atoms with Gasteiger partial charge in [-0.3, -0.25) is 4.72 Å². The van der Waals surface area contributed by atoms with E-state index in [2.05, 4.69) is 14.9 Å². The van der Waals surface area contributed by atoms with Crippen LogP contribution in [-0.4, -0.2) is 33.3 Å². The first-order valence-corrected chi connectivity index (χ1v) is 11.0. The molecular weight excluding hydrogens is 393 g/mol. The topological polar surface area (TPSA) is 106 Å². The molecule has 2 aromatic carbocycles. The van der Waals surface area contributed by atoms with E-state index in [1.54, 1.807) is 12.1 Å². The maximum absolute atomic E-state index is 12.9. The number of hydrogen-bond donors (Lipinski definition) is 1. The third-order valence-electron chi connectivity index (χ3n) is 3.58. The van der Waals surface area contributed by atoms with Crippen molar-refractivity contribution in [2.24, 2.45) is 0 Å². The van der Waals surface area contributed by atoms with E-state index in [0.29, 0.717) is 16.9 Å². The zero-order valence-electron chi connectivity index (χ0n) is 14.0. The van der Waals surface area contributed by atoms with Crippen LogP contribution in [0, 0.1) is 5.82 Å². The van der Waals surface area contributed by atoms with Gasteiger partial charge in [0.25, 0.3) is 10.0 Å².